The van der Waals surface area contributed by atoms with Gasteiger partial charge in [0.25, 0.3) is 10.0 Å². The molecule has 1 heterocycles. The third-order valence-corrected chi connectivity index (χ3v) is 4.98. The number of hydrogen-bond donors (Lipinski definition) is 2. The van der Waals surface area contributed by atoms with Crippen LogP contribution in [-0.2, 0) is 10.0 Å². The summed E-state index contributed by atoms with van der Waals surface area (Å²) < 4.78 is 26.6. The Bertz CT molecular complexity index is 577. The maximum atomic E-state index is 12.1. The second kappa shape index (κ2) is 4.47. The Morgan fingerprint density at radius 1 is 1.33 bits per heavy atom. The number of nitrogen functional groups attached to an aromatic ring is 1. The number of hydrogen-bond acceptors (Lipinski definition) is 5. The predicted molar refractivity (Wildman–Crippen MR) is 75.1 cm³/mol. The van der Waals surface area contributed by atoms with Gasteiger partial charge in [0.05, 0.1) is 11.4 Å². The highest BCUT2D eigenvalue weighted by Crippen LogP contribution is 2.31. The van der Waals surface area contributed by atoms with E-state index in [1.807, 2.05) is 13.8 Å². The number of thioether (sulfide) groups is 1. The topological polar surface area (TPSA) is 84.5 Å². The summed E-state index contributed by atoms with van der Waals surface area (Å²) in [6.45, 7) is 4.65. The fraction of sp³-hybridized carbons (Fsp3) is 0.364. The van der Waals surface area contributed by atoms with Crippen molar-refractivity contribution in [1.29, 1.82) is 0 Å². The van der Waals surface area contributed by atoms with Crippen molar-refractivity contribution >= 4 is 32.6 Å². The Balaban J connectivity index is 2.16. The molecule has 1 aromatic carbocycles. The summed E-state index contributed by atoms with van der Waals surface area (Å²) in [5.41, 5.74) is 6.06. The molecule has 2 rings (SSSR count). The molecule has 98 valence electrons. The van der Waals surface area contributed by atoms with Gasteiger partial charge in [0.15, 0.2) is 5.17 Å². The number of benzene rings is 1. The maximum Gasteiger partial charge on any atom is 0.263 e. The molecule has 0 spiro atoms. The van der Waals surface area contributed by atoms with Gasteiger partial charge in [0.2, 0.25) is 0 Å². The second-order valence-electron chi connectivity index (χ2n) is 4.66. The van der Waals surface area contributed by atoms with Crippen LogP contribution < -0.4 is 10.5 Å². The van der Waals surface area contributed by atoms with Gasteiger partial charge in [-0.15, -0.1) is 0 Å². The van der Waals surface area contributed by atoms with Crippen LogP contribution in [0.25, 0.3) is 0 Å². The van der Waals surface area contributed by atoms with Crippen LogP contribution in [0.4, 0.5) is 5.69 Å². The van der Waals surface area contributed by atoms with Crippen molar-refractivity contribution < 1.29 is 8.42 Å². The molecular weight excluding hydrogens is 270 g/mol. The molecule has 7 heteroatoms. The quantitative estimate of drug-likeness (QED) is 0.805. The summed E-state index contributed by atoms with van der Waals surface area (Å²) >= 11 is 1.43. The van der Waals surface area contributed by atoms with E-state index < -0.39 is 10.0 Å². The molecule has 0 saturated carbocycles. The second-order valence-corrected chi connectivity index (χ2v) is 8.04. The zero-order valence-electron chi connectivity index (χ0n) is 10.2. The average Bonchev–Trinajstić information content (AvgIpc) is 2.57. The number of aliphatic imine (C=N–C) groups is 1. The van der Waals surface area contributed by atoms with Crippen LogP contribution in [0.5, 0.6) is 0 Å². The molecule has 0 atom stereocenters. The third kappa shape index (κ3) is 2.97. The monoisotopic (exact) mass is 285 g/mol. The van der Waals surface area contributed by atoms with E-state index in [9.17, 15) is 8.42 Å². The molecule has 0 saturated heterocycles. The van der Waals surface area contributed by atoms with Gasteiger partial charge in [-0.1, -0.05) is 11.8 Å². The molecule has 1 aliphatic rings. The molecule has 0 radical (unpaired) electrons. The van der Waals surface area contributed by atoms with E-state index in [1.54, 1.807) is 12.1 Å². The number of rotatable bonds is 2. The number of nitrogens with zero attached hydrogens (tertiary/aromatic N) is 1. The van der Waals surface area contributed by atoms with Gasteiger partial charge in [0, 0.05) is 10.4 Å². The standard InChI is InChI=1S/C11H15N3O2S2/c1-11(2)7-13-10(17-11)14-18(15,16)9-5-3-8(12)4-6-9/h3-6H,7,12H2,1-2H3,(H,13,14). The van der Waals surface area contributed by atoms with Gasteiger partial charge >= 0.3 is 0 Å². The molecule has 0 amide bonds. The average molecular weight is 285 g/mol. The van der Waals surface area contributed by atoms with Crippen molar-refractivity contribution in [3.63, 3.8) is 0 Å². The minimum Gasteiger partial charge on any atom is -0.399 e. The SMILES string of the molecule is CC1(C)CN=C(NS(=O)(=O)c2ccc(N)cc2)S1. The van der Waals surface area contributed by atoms with E-state index >= 15 is 0 Å². The molecule has 0 bridgehead atoms. The van der Waals surface area contributed by atoms with Crippen LogP contribution in [0.3, 0.4) is 0 Å². The summed E-state index contributed by atoms with van der Waals surface area (Å²) in [4.78, 5) is 4.37. The lowest BCUT2D eigenvalue weighted by Gasteiger charge is -2.14. The summed E-state index contributed by atoms with van der Waals surface area (Å²) in [6, 6.07) is 6.07. The van der Waals surface area contributed by atoms with Crippen molar-refractivity contribution in [3.8, 4) is 0 Å². The van der Waals surface area contributed by atoms with E-state index in [-0.39, 0.29) is 9.64 Å². The Morgan fingerprint density at radius 2 is 1.94 bits per heavy atom. The normalized spacial score (nSPS) is 18.4. The van der Waals surface area contributed by atoms with Crippen LogP contribution >= 0.6 is 11.8 Å². The van der Waals surface area contributed by atoms with Crippen LogP contribution in [0.1, 0.15) is 13.8 Å². The van der Waals surface area contributed by atoms with Crippen molar-refractivity contribution in [3.05, 3.63) is 24.3 Å². The van der Waals surface area contributed by atoms with Gasteiger partial charge in [-0.05, 0) is 38.1 Å². The Hall–Kier alpha value is -1.21. The van der Waals surface area contributed by atoms with Gasteiger partial charge in [-0.25, -0.2) is 8.42 Å². The molecule has 1 aliphatic heterocycles. The molecule has 5 nitrogen and oxygen atoms in total. The van der Waals surface area contributed by atoms with E-state index in [2.05, 4.69) is 9.71 Å². The molecule has 0 fully saturated rings. The van der Waals surface area contributed by atoms with E-state index in [0.717, 1.165) is 0 Å². The predicted octanol–water partition coefficient (Wildman–Crippen LogP) is 1.43. The highest BCUT2D eigenvalue weighted by molar-refractivity contribution is 8.16. The lowest BCUT2D eigenvalue weighted by Crippen LogP contribution is -2.28. The van der Waals surface area contributed by atoms with E-state index in [4.69, 9.17) is 5.73 Å². The van der Waals surface area contributed by atoms with Crippen molar-refractivity contribution in [1.82, 2.24) is 4.72 Å². The maximum absolute atomic E-state index is 12.1. The summed E-state index contributed by atoms with van der Waals surface area (Å²) in [7, 11) is -3.57. The number of nitrogens with one attached hydrogen (secondary N) is 1. The van der Waals surface area contributed by atoms with Crippen LogP contribution in [0.2, 0.25) is 0 Å². The number of amidine groups is 1. The first-order valence-electron chi connectivity index (χ1n) is 5.40. The molecular formula is C11H15N3O2S2. The Kier molecular flexibility index (Phi) is 3.29. The van der Waals surface area contributed by atoms with Crippen molar-refractivity contribution in [2.24, 2.45) is 4.99 Å². The Morgan fingerprint density at radius 3 is 2.44 bits per heavy atom. The summed E-state index contributed by atoms with van der Waals surface area (Å²) in [6.07, 6.45) is 0. The first-order chi connectivity index (χ1) is 8.28. The molecule has 18 heavy (non-hydrogen) atoms. The summed E-state index contributed by atoms with van der Waals surface area (Å²) in [5, 5.41) is 0.442. The molecule has 0 unspecified atom stereocenters. The van der Waals surface area contributed by atoms with Crippen molar-refractivity contribution in [2.75, 3.05) is 12.3 Å². The zero-order valence-corrected chi connectivity index (χ0v) is 11.8. The number of nitrogens with two attached hydrogens (primary N) is 1. The van der Waals surface area contributed by atoms with Crippen LogP contribution in [0, 0.1) is 0 Å². The molecule has 1 aromatic rings. The fourth-order valence-corrected chi connectivity index (χ4v) is 3.65. The minimum atomic E-state index is -3.57. The first-order valence-corrected chi connectivity index (χ1v) is 7.70. The van der Waals surface area contributed by atoms with Gasteiger partial charge < -0.3 is 5.73 Å². The van der Waals surface area contributed by atoms with Gasteiger partial charge in [-0.3, -0.25) is 9.71 Å². The molecule has 0 aliphatic carbocycles. The van der Waals surface area contributed by atoms with E-state index in [1.165, 1.54) is 23.9 Å². The number of sulfonamides is 1. The van der Waals surface area contributed by atoms with Crippen molar-refractivity contribution in [2.45, 2.75) is 23.5 Å². The Labute approximate surface area is 111 Å². The third-order valence-electron chi connectivity index (χ3n) is 2.39. The van der Waals surface area contributed by atoms with Gasteiger partial charge in [0.1, 0.15) is 0 Å². The highest BCUT2D eigenvalue weighted by Gasteiger charge is 2.29. The zero-order chi connectivity index (χ0) is 13.4. The smallest absolute Gasteiger partial charge is 0.263 e. The fourth-order valence-electron chi connectivity index (χ4n) is 1.46. The van der Waals surface area contributed by atoms with Crippen LogP contribution in [-0.4, -0.2) is 24.9 Å². The highest BCUT2D eigenvalue weighted by atomic mass is 32.2. The number of anilines is 1. The lowest BCUT2D eigenvalue weighted by atomic mass is 10.2. The van der Waals surface area contributed by atoms with Crippen LogP contribution in [0.15, 0.2) is 34.2 Å². The first kappa shape index (κ1) is 13.2. The largest absolute Gasteiger partial charge is 0.399 e. The molecule has 0 aromatic heterocycles. The minimum absolute atomic E-state index is 0.0566. The van der Waals surface area contributed by atoms with Gasteiger partial charge in [-0.2, -0.15) is 0 Å². The lowest BCUT2D eigenvalue weighted by molar-refractivity contribution is 0.593. The summed E-state index contributed by atoms with van der Waals surface area (Å²) in [5.74, 6) is 0. The molecule has 3 N–H and O–H groups in total. The van der Waals surface area contributed by atoms with E-state index in [0.29, 0.717) is 17.4 Å².